The number of fused-ring (bicyclic) bond motifs is 3. The Morgan fingerprint density at radius 1 is 1.04 bits per heavy atom. The second-order valence-electron chi connectivity index (χ2n) is 6.74. The van der Waals surface area contributed by atoms with Crippen LogP contribution in [0.2, 0.25) is 0 Å². The highest BCUT2D eigenvalue weighted by molar-refractivity contribution is 5.86. The van der Waals surface area contributed by atoms with Gasteiger partial charge in [-0.15, -0.1) is 0 Å². The van der Waals surface area contributed by atoms with Crippen LogP contribution in [0.4, 0.5) is 0 Å². The summed E-state index contributed by atoms with van der Waals surface area (Å²) in [5.41, 5.74) is 4.55. The molecule has 1 aromatic heterocycles. The summed E-state index contributed by atoms with van der Waals surface area (Å²) in [6, 6.07) is 14.1. The zero-order valence-corrected chi connectivity index (χ0v) is 15.0. The van der Waals surface area contributed by atoms with Gasteiger partial charge in [0.2, 0.25) is 0 Å². The largest absolute Gasteiger partial charge is 0.489 e. The third-order valence-corrected chi connectivity index (χ3v) is 5.04. The fourth-order valence-electron chi connectivity index (χ4n) is 3.67. The second-order valence-corrected chi connectivity index (χ2v) is 6.74. The van der Waals surface area contributed by atoms with E-state index in [-0.39, 0.29) is 5.63 Å². The van der Waals surface area contributed by atoms with Gasteiger partial charge < -0.3 is 9.15 Å². The van der Waals surface area contributed by atoms with Crippen LogP contribution in [0.5, 0.6) is 5.75 Å². The zero-order valence-electron chi connectivity index (χ0n) is 15.0. The Bertz CT molecular complexity index is 1010. The molecule has 3 aromatic rings. The van der Waals surface area contributed by atoms with E-state index in [1.165, 1.54) is 5.56 Å². The topological polar surface area (TPSA) is 39.4 Å². The lowest BCUT2D eigenvalue weighted by Gasteiger charge is -2.17. The van der Waals surface area contributed by atoms with Crippen molar-refractivity contribution in [2.45, 2.75) is 32.6 Å². The predicted molar refractivity (Wildman–Crippen MR) is 105 cm³/mol. The van der Waals surface area contributed by atoms with E-state index in [9.17, 15) is 4.79 Å². The third-order valence-electron chi connectivity index (χ3n) is 5.04. The molecule has 1 aliphatic rings. The molecule has 3 heteroatoms. The Balaban J connectivity index is 1.60. The summed E-state index contributed by atoms with van der Waals surface area (Å²) in [5, 5.41) is 1.06. The first-order chi connectivity index (χ1) is 12.7. The molecule has 0 unspecified atom stereocenters. The van der Waals surface area contributed by atoms with Crippen LogP contribution in [-0.2, 0) is 12.8 Å². The number of benzene rings is 2. The van der Waals surface area contributed by atoms with Crippen LogP contribution < -0.4 is 10.4 Å². The molecule has 0 aliphatic heterocycles. The van der Waals surface area contributed by atoms with Crippen molar-refractivity contribution in [1.82, 2.24) is 0 Å². The Morgan fingerprint density at radius 2 is 1.81 bits per heavy atom. The van der Waals surface area contributed by atoms with E-state index in [1.54, 1.807) is 0 Å². The van der Waals surface area contributed by atoms with Gasteiger partial charge >= 0.3 is 5.63 Å². The van der Waals surface area contributed by atoms with Crippen molar-refractivity contribution in [2.24, 2.45) is 0 Å². The minimum absolute atomic E-state index is 0.184. The molecule has 0 saturated carbocycles. The van der Waals surface area contributed by atoms with Crippen molar-refractivity contribution in [3.05, 3.63) is 81.2 Å². The normalized spacial score (nSPS) is 13.9. The smallest absolute Gasteiger partial charge is 0.339 e. The van der Waals surface area contributed by atoms with Gasteiger partial charge in [-0.1, -0.05) is 36.4 Å². The molecular formula is C23H22O3. The molecule has 3 nitrogen and oxygen atoms in total. The number of ether oxygens (including phenoxy) is 1. The molecular weight excluding hydrogens is 324 g/mol. The van der Waals surface area contributed by atoms with Crippen LogP contribution in [0.25, 0.3) is 17.0 Å². The van der Waals surface area contributed by atoms with Crippen molar-refractivity contribution in [3.8, 4) is 5.75 Å². The summed E-state index contributed by atoms with van der Waals surface area (Å²) in [6.45, 7) is 2.42. The van der Waals surface area contributed by atoms with Crippen LogP contribution in [-0.4, -0.2) is 6.61 Å². The maximum atomic E-state index is 12.3. The number of aryl methyl sites for hydroxylation is 2. The highest BCUT2D eigenvalue weighted by Gasteiger charge is 2.19. The first kappa shape index (κ1) is 16.6. The van der Waals surface area contributed by atoms with Crippen molar-refractivity contribution >= 4 is 17.0 Å². The Hall–Kier alpha value is -2.81. The van der Waals surface area contributed by atoms with Gasteiger partial charge in [-0.2, -0.15) is 0 Å². The molecule has 4 rings (SSSR count). The average Bonchev–Trinajstić information content (AvgIpc) is 2.68. The molecule has 1 aliphatic carbocycles. The number of rotatable bonds is 4. The third kappa shape index (κ3) is 3.17. The van der Waals surface area contributed by atoms with Gasteiger partial charge in [-0.25, -0.2) is 4.79 Å². The summed E-state index contributed by atoms with van der Waals surface area (Å²) in [6.07, 6.45) is 8.01. The van der Waals surface area contributed by atoms with E-state index in [2.05, 4.69) is 12.1 Å². The van der Waals surface area contributed by atoms with Crippen molar-refractivity contribution in [3.63, 3.8) is 0 Å². The van der Waals surface area contributed by atoms with Crippen molar-refractivity contribution in [2.75, 3.05) is 6.61 Å². The summed E-state index contributed by atoms with van der Waals surface area (Å²) in [7, 11) is 0. The molecule has 1 heterocycles. The van der Waals surface area contributed by atoms with Crippen LogP contribution in [0.15, 0.2) is 57.8 Å². The number of hydrogen-bond donors (Lipinski definition) is 0. The lowest BCUT2D eigenvalue weighted by Crippen LogP contribution is -2.16. The minimum atomic E-state index is -0.184. The van der Waals surface area contributed by atoms with Gasteiger partial charge in [0.1, 0.15) is 17.9 Å². The SMILES string of the molecule is Cc1c(OCC=Cc2ccccc2)ccc2c3c(c(=O)oc12)CCCC3. The first-order valence-corrected chi connectivity index (χ1v) is 9.16. The van der Waals surface area contributed by atoms with Gasteiger partial charge in [0, 0.05) is 16.5 Å². The quantitative estimate of drug-likeness (QED) is 0.619. The highest BCUT2D eigenvalue weighted by Crippen LogP contribution is 2.32. The second kappa shape index (κ2) is 7.20. The molecule has 2 aromatic carbocycles. The number of hydrogen-bond acceptors (Lipinski definition) is 3. The monoisotopic (exact) mass is 346 g/mol. The van der Waals surface area contributed by atoms with Crippen molar-refractivity contribution in [1.29, 1.82) is 0 Å². The Labute approximate surface area is 152 Å². The van der Waals surface area contributed by atoms with Gasteiger partial charge in [-0.3, -0.25) is 0 Å². The van der Waals surface area contributed by atoms with Gasteiger partial charge in [0.05, 0.1) is 0 Å². The fraction of sp³-hybridized carbons (Fsp3) is 0.261. The summed E-state index contributed by atoms with van der Waals surface area (Å²) < 4.78 is 11.6. The van der Waals surface area contributed by atoms with Gasteiger partial charge in [-0.05, 0) is 61.9 Å². The molecule has 0 radical (unpaired) electrons. The zero-order chi connectivity index (χ0) is 17.9. The van der Waals surface area contributed by atoms with E-state index in [0.717, 1.165) is 53.5 Å². The summed E-state index contributed by atoms with van der Waals surface area (Å²) in [5.74, 6) is 0.758. The molecule has 0 saturated heterocycles. The minimum Gasteiger partial charge on any atom is -0.489 e. The molecule has 0 amide bonds. The van der Waals surface area contributed by atoms with E-state index < -0.39 is 0 Å². The fourth-order valence-corrected chi connectivity index (χ4v) is 3.67. The van der Waals surface area contributed by atoms with E-state index >= 15 is 0 Å². The first-order valence-electron chi connectivity index (χ1n) is 9.16. The van der Waals surface area contributed by atoms with Crippen molar-refractivity contribution < 1.29 is 9.15 Å². The molecule has 0 N–H and O–H groups in total. The van der Waals surface area contributed by atoms with E-state index in [1.807, 2.05) is 49.4 Å². The average molecular weight is 346 g/mol. The van der Waals surface area contributed by atoms with E-state index in [0.29, 0.717) is 12.2 Å². The molecule has 0 spiro atoms. The molecule has 0 bridgehead atoms. The molecule has 26 heavy (non-hydrogen) atoms. The van der Waals surface area contributed by atoms with Gasteiger partial charge in [0.25, 0.3) is 0 Å². The Morgan fingerprint density at radius 3 is 2.62 bits per heavy atom. The van der Waals surface area contributed by atoms with Crippen LogP contribution >= 0.6 is 0 Å². The summed E-state index contributed by atoms with van der Waals surface area (Å²) in [4.78, 5) is 12.3. The summed E-state index contributed by atoms with van der Waals surface area (Å²) >= 11 is 0. The van der Waals surface area contributed by atoms with Gasteiger partial charge in [0.15, 0.2) is 0 Å². The Kier molecular flexibility index (Phi) is 4.61. The maximum Gasteiger partial charge on any atom is 0.339 e. The van der Waals surface area contributed by atoms with Crippen LogP contribution in [0, 0.1) is 6.92 Å². The predicted octanol–water partition coefficient (Wildman–Crippen LogP) is 5.07. The lowest BCUT2D eigenvalue weighted by molar-refractivity contribution is 0.360. The molecule has 132 valence electrons. The highest BCUT2D eigenvalue weighted by atomic mass is 16.5. The molecule has 0 atom stereocenters. The lowest BCUT2D eigenvalue weighted by atomic mass is 9.90. The van der Waals surface area contributed by atoms with Crippen LogP contribution in [0.3, 0.4) is 0 Å². The molecule has 0 fully saturated rings. The maximum absolute atomic E-state index is 12.3. The van der Waals surface area contributed by atoms with Crippen LogP contribution in [0.1, 0.15) is 35.1 Å². The standard InChI is InChI=1S/C23H22O3/c1-16-21(25-15-7-10-17-8-3-2-4-9-17)14-13-19-18-11-5-6-12-20(18)23(24)26-22(16)19/h2-4,7-10,13-14H,5-6,11-12,15H2,1H3. The van der Waals surface area contributed by atoms with E-state index in [4.69, 9.17) is 9.15 Å².